The molecule has 0 bridgehead atoms. The Morgan fingerprint density at radius 1 is 1.21 bits per heavy atom. The van der Waals surface area contributed by atoms with Gasteiger partial charge in [0.25, 0.3) is 0 Å². The van der Waals surface area contributed by atoms with Crippen LogP contribution in [0.5, 0.6) is 0 Å². The molecule has 0 radical (unpaired) electrons. The fourth-order valence-electron chi connectivity index (χ4n) is 2.31. The molecule has 6 heteroatoms. The molecule has 2 heterocycles. The number of hydrogen-bond acceptors (Lipinski definition) is 4. The van der Waals surface area contributed by atoms with Gasteiger partial charge in [0.05, 0.1) is 24.3 Å². The normalized spacial score (nSPS) is 11.9. The molecule has 122 valence electrons. The Kier molecular flexibility index (Phi) is 4.56. The molecule has 0 saturated carbocycles. The number of hydrogen-bond donors (Lipinski definition) is 2. The summed E-state index contributed by atoms with van der Waals surface area (Å²) in [4.78, 5) is 28.0. The Bertz CT molecular complexity index is 825. The number of anilines is 1. The summed E-state index contributed by atoms with van der Waals surface area (Å²) in [6.07, 6.45) is 3.16. The molecule has 2 aromatic heterocycles. The van der Waals surface area contributed by atoms with Crippen molar-refractivity contribution in [1.29, 1.82) is 0 Å². The first-order valence-electron chi connectivity index (χ1n) is 7.59. The quantitative estimate of drug-likeness (QED) is 0.756. The SMILES string of the molecule is C[C@H](C(=O)NCC(=O)Nc1cccnc1)c1cc2ccccc2o1. The highest BCUT2D eigenvalue weighted by Gasteiger charge is 2.20. The Morgan fingerprint density at radius 2 is 2.04 bits per heavy atom. The summed E-state index contributed by atoms with van der Waals surface area (Å²) in [7, 11) is 0. The minimum absolute atomic E-state index is 0.113. The van der Waals surface area contributed by atoms with Gasteiger partial charge in [0, 0.05) is 11.6 Å². The molecule has 0 aliphatic heterocycles. The number of nitrogens with one attached hydrogen (secondary N) is 2. The van der Waals surface area contributed by atoms with Crippen molar-refractivity contribution in [2.75, 3.05) is 11.9 Å². The van der Waals surface area contributed by atoms with Crippen LogP contribution in [-0.4, -0.2) is 23.3 Å². The second-order valence-electron chi connectivity index (χ2n) is 5.42. The molecular weight excluding hydrogens is 306 g/mol. The van der Waals surface area contributed by atoms with E-state index in [-0.39, 0.29) is 18.4 Å². The zero-order valence-corrected chi connectivity index (χ0v) is 13.2. The number of furan rings is 1. The van der Waals surface area contributed by atoms with Crippen LogP contribution in [0.3, 0.4) is 0 Å². The lowest BCUT2D eigenvalue weighted by molar-refractivity contribution is -0.125. The Balaban J connectivity index is 1.57. The number of carbonyl (C=O) groups excluding carboxylic acids is 2. The largest absolute Gasteiger partial charge is 0.460 e. The van der Waals surface area contributed by atoms with E-state index in [2.05, 4.69) is 15.6 Å². The number of rotatable bonds is 5. The maximum absolute atomic E-state index is 12.2. The second kappa shape index (κ2) is 6.95. The Labute approximate surface area is 138 Å². The highest BCUT2D eigenvalue weighted by atomic mass is 16.3. The van der Waals surface area contributed by atoms with Gasteiger partial charge in [0.2, 0.25) is 11.8 Å². The molecule has 24 heavy (non-hydrogen) atoms. The van der Waals surface area contributed by atoms with Crippen molar-refractivity contribution in [1.82, 2.24) is 10.3 Å². The van der Waals surface area contributed by atoms with Gasteiger partial charge in [0.15, 0.2) is 0 Å². The zero-order chi connectivity index (χ0) is 16.9. The first kappa shape index (κ1) is 15.7. The summed E-state index contributed by atoms with van der Waals surface area (Å²) >= 11 is 0. The average Bonchev–Trinajstić information content (AvgIpc) is 3.04. The maximum atomic E-state index is 12.2. The lowest BCUT2D eigenvalue weighted by Gasteiger charge is -2.10. The monoisotopic (exact) mass is 323 g/mol. The van der Waals surface area contributed by atoms with Gasteiger partial charge in [-0.3, -0.25) is 14.6 Å². The molecule has 1 aromatic carbocycles. The summed E-state index contributed by atoms with van der Waals surface area (Å²) in [5.74, 6) is -0.492. The Hall–Kier alpha value is -3.15. The highest BCUT2D eigenvalue weighted by Crippen LogP contribution is 2.24. The number of benzene rings is 1. The van der Waals surface area contributed by atoms with Crippen LogP contribution in [-0.2, 0) is 9.59 Å². The summed E-state index contributed by atoms with van der Waals surface area (Å²) in [6.45, 7) is 1.63. The molecular formula is C18H17N3O3. The van der Waals surface area contributed by atoms with Gasteiger partial charge < -0.3 is 15.1 Å². The molecule has 0 spiro atoms. The topological polar surface area (TPSA) is 84.2 Å². The number of para-hydroxylation sites is 1. The van der Waals surface area contributed by atoms with E-state index in [4.69, 9.17) is 4.42 Å². The molecule has 0 aliphatic carbocycles. The summed E-state index contributed by atoms with van der Waals surface area (Å²) in [6, 6.07) is 12.9. The van der Waals surface area contributed by atoms with E-state index < -0.39 is 5.92 Å². The molecule has 2 amide bonds. The van der Waals surface area contributed by atoms with Gasteiger partial charge >= 0.3 is 0 Å². The number of amides is 2. The maximum Gasteiger partial charge on any atom is 0.243 e. The zero-order valence-electron chi connectivity index (χ0n) is 13.2. The fourth-order valence-corrected chi connectivity index (χ4v) is 2.31. The minimum Gasteiger partial charge on any atom is -0.460 e. The van der Waals surface area contributed by atoms with Crippen LogP contribution in [0, 0.1) is 0 Å². The van der Waals surface area contributed by atoms with Gasteiger partial charge in [-0.1, -0.05) is 18.2 Å². The van der Waals surface area contributed by atoms with Crippen molar-refractivity contribution in [2.24, 2.45) is 0 Å². The van der Waals surface area contributed by atoms with E-state index in [0.717, 1.165) is 11.0 Å². The van der Waals surface area contributed by atoms with E-state index in [1.807, 2.05) is 30.3 Å². The van der Waals surface area contributed by atoms with Crippen molar-refractivity contribution >= 4 is 28.5 Å². The molecule has 0 aliphatic rings. The van der Waals surface area contributed by atoms with Crippen molar-refractivity contribution in [3.05, 3.63) is 60.6 Å². The van der Waals surface area contributed by atoms with Gasteiger partial charge in [-0.05, 0) is 31.2 Å². The minimum atomic E-state index is -0.483. The van der Waals surface area contributed by atoms with E-state index in [1.165, 1.54) is 6.20 Å². The number of fused-ring (bicyclic) bond motifs is 1. The van der Waals surface area contributed by atoms with E-state index in [1.54, 1.807) is 25.3 Å². The number of carbonyl (C=O) groups is 2. The molecule has 3 aromatic rings. The summed E-state index contributed by atoms with van der Waals surface area (Å²) < 4.78 is 5.68. The lowest BCUT2D eigenvalue weighted by Crippen LogP contribution is -2.35. The smallest absolute Gasteiger partial charge is 0.243 e. The number of nitrogens with zero attached hydrogens (tertiary/aromatic N) is 1. The van der Waals surface area contributed by atoms with Crippen LogP contribution >= 0.6 is 0 Å². The van der Waals surface area contributed by atoms with Crippen molar-refractivity contribution in [3.8, 4) is 0 Å². The third-order valence-corrected chi connectivity index (χ3v) is 3.63. The third kappa shape index (κ3) is 3.60. The van der Waals surface area contributed by atoms with Gasteiger partial charge in [0.1, 0.15) is 11.3 Å². The van der Waals surface area contributed by atoms with Gasteiger partial charge in [-0.15, -0.1) is 0 Å². The van der Waals surface area contributed by atoms with E-state index in [9.17, 15) is 9.59 Å². The van der Waals surface area contributed by atoms with Crippen LogP contribution in [0.25, 0.3) is 11.0 Å². The van der Waals surface area contributed by atoms with Crippen LogP contribution in [0.2, 0.25) is 0 Å². The van der Waals surface area contributed by atoms with Crippen LogP contribution in [0.1, 0.15) is 18.6 Å². The molecule has 3 rings (SSSR count). The Morgan fingerprint density at radius 3 is 2.79 bits per heavy atom. The molecule has 0 unspecified atom stereocenters. The first-order valence-corrected chi connectivity index (χ1v) is 7.59. The average molecular weight is 323 g/mol. The first-order chi connectivity index (χ1) is 11.6. The van der Waals surface area contributed by atoms with Crippen LogP contribution < -0.4 is 10.6 Å². The summed E-state index contributed by atoms with van der Waals surface area (Å²) in [5.41, 5.74) is 1.32. The van der Waals surface area contributed by atoms with Crippen molar-refractivity contribution in [3.63, 3.8) is 0 Å². The van der Waals surface area contributed by atoms with Crippen molar-refractivity contribution < 1.29 is 14.0 Å². The van der Waals surface area contributed by atoms with Crippen molar-refractivity contribution in [2.45, 2.75) is 12.8 Å². The molecule has 6 nitrogen and oxygen atoms in total. The predicted molar refractivity (Wildman–Crippen MR) is 90.5 cm³/mol. The highest BCUT2D eigenvalue weighted by molar-refractivity contribution is 5.95. The van der Waals surface area contributed by atoms with E-state index in [0.29, 0.717) is 11.4 Å². The fraction of sp³-hybridized carbons (Fsp3) is 0.167. The van der Waals surface area contributed by atoms with Gasteiger partial charge in [-0.2, -0.15) is 0 Å². The second-order valence-corrected chi connectivity index (χ2v) is 5.42. The lowest BCUT2D eigenvalue weighted by atomic mass is 10.1. The van der Waals surface area contributed by atoms with Crippen LogP contribution in [0.4, 0.5) is 5.69 Å². The van der Waals surface area contributed by atoms with Crippen LogP contribution in [0.15, 0.2) is 59.3 Å². The van der Waals surface area contributed by atoms with Gasteiger partial charge in [-0.25, -0.2) is 0 Å². The molecule has 0 saturated heterocycles. The van der Waals surface area contributed by atoms with E-state index >= 15 is 0 Å². The molecule has 2 N–H and O–H groups in total. The molecule has 1 atom stereocenters. The standard InChI is InChI=1S/C18H17N3O3/c1-12(16-9-13-5-2-3-7-15(13)24-16)18(23)20-11-17(22)21-14-6-4-8-19-10-14/h2-10,12H,11H2,1H3,(H,20,23)(H,21,22)/t12-/m0/s1. The summed E-state index contributed by atoms with van der Waals surface area (Å²) in [5, 5.41) is 6.22. The number of pyridine rings is 1. The predicted octanol–water partition coefficient (Wildman–Crippen LogP) is 2.69. The number of aromatic nitrogens is 1. The molecule has 0 fully saturated rings. The third-order valence-electron chi connectivity index (χ3n) is 3.63.